The van der Waals surface area contributed by atoms with Crippen molar-refractivity contribution in [2.75, 3.05) is 22.9 Å². The molecule has 0 atom stereocenters. The smallest absolute Gasteiger partial charge is 0.475 e. The molecule has 0 saturated carbocycles. The number of fused-ring (bicyclic) bond motifs is 1. The van der Waals surface area contributed by atoms with Crippen LogP contribution in [0.25, 0.3) is 10.2 Å². The molecule has 0 spiro atoms. The summed E-state index contributed by atoms with van der Waals surface area (Å²) in [4.78, 5) is 32.5. The van der Waals surface area contributed by atoms with Crippen LogP contribution >= 0.6 is 11.3 Å². The van der Waals surface area contributed by atoms with E-state index in [1.807, 2.05) is 12.1 Å². The van der Waals surface area contributed by atoms with Crippen molar-refractivity contribution in [1.29, 1.82) is 0 Å². The highest BCUT2D eigenvalue weighted by molar-refractivity contribution is 7.16. The van der Waals surface area contributed by atoms with E-state index in [1.165, 1.54) is 29.4 Å². The second-order valence-electron chi connectivity index (χ2n) is 6.72. The van der Waals surface area contributed by atoms with Crippen LogP contribution in [0.15, 0.2) is 36.1 Å². The molecule has 176 valence electrons. The number of pyridine rings is 1. The molecular weight excluding hydrogens is 478 g/mol. The predicted octanol–water partition coefficient (Wildman–Crippen LogP) is 5.10. The summed E-state index contributed by atoms with van der Waals surface area (Å²) in [7, 11) is 0. The molecule has 4 rings (SSSR count). The quantitative estimate of drug-likeness (QED) is 0.503. The summed E-state index contributed by atoms with van der Waals surface area (Å²) >= 11 is 1.47. The number of hydrogen-bond donors (Lipinski definition) is 1. The zero-order valence-corrected chi connectivity index (χ0v) is 17.4. The SMILES string of the molecule is Cc1c(N2CCN(c3ccc4ncsc4c3)C2=O)cncc1C(F)(F)F.O=C(O)C(F)(F)F. The lowest BCUT2D eigenvalue weighted by molar-refractivity contribution is -0.192. The van der Waals surface area contributed by atoms with Crippen LogP contribution in [0.2, 0.25) is 0 Å². The van der Waals surface area contributed by atoms with E-state index in [1.54, 1.807) is 16.5 Å². The maximum absolute atomic E-state index is 13.1. The van der Waals surface area contributed by atoms with Gasteiger partial charge >= 0.3 is 24.4 Å². The summed E-state index contributed by atoms with van der Waals surface area (Å²) in [5.41, 5.74) is 2.63. The highest BCUT2D eigenvalue weighted by Crippen LogP contribution is 2.36. The van der Waals surface area contributed by atoms with Gasteiger partial charge in [0, 0.05) is 25.0 Å². The van der Waals surface area contributed by atoms with Crippen molar-refractivity contribution in [3.63, 3.8) is 0 Å². The van der Waals surface area contributed by atoms with Crippen LogP contribution in [0, 0.1) is 6.92 Å². The Morgan fingerprint density at radius 3 is 2.33 bits per heavy atom. The van der Waals surface area contributed by atoms with Crippen LogP contribution in [0.4, 0.5) is 42.5 Å². The molecule has 1 aliphatic heterocycles. The van der Waals surface area contributed by atoms with Crippen molar-refractivity contribution >= 4 is 44.9 Å². The van der Waals surface area contributed by atoms with Crippen molar-refractivity contribution in [3.8, 4) is 0 Å². The van der Waals surface area contributed by atoms with E-state index >= 15 is 0 Å². The fourth-order valence-corrected chi connectivity index (χ4v) is 3.79. The number of aliphatic carboxylic acids is 1. The molecule has 14 heteroatoms. The summed E-state index contributed by atoms with van der Waals surface area (Å²) < 4.78 is 72.0. The van der Waals surface area contributed by atoms with Crippen LogP contribution in [-0.4, -0.2) is 46.3 Å². The standard InChI is InChI=1S/C17H13F3N4OS.C2HF3O2/c1-10-12(17(18,19)20)7-21-8-14(10)24-5-4-23(16(24)25)11-2-3-13-15(6-11)26-9-22-13;3-2(4,5)1(6)7/h2-3,6-9H,4-5H2,1H3;(H,6,7). The zero-order chi connectivity index (χ0) is 24.6. The molecule has 3 heterocycles. The van der Waals surface area contributed by atoms with E-state index < -0.39 is 23.9 Å². The van der Waals surface area contributed by atoms with Gasteiger partial charge in [-0.15, -0.1) is 11.3 Å². The van der Waals surface area contributed by atoms with Gasteiger partial charge in [-0.3, -0.25) is 14.8 Å². The number of alkyl halides is 6. The Morgan fingerprint density at radius 2 is 1.73 bits per heavy atom. The molecule has 7 nitrogen and oxygen atoms in total. The topological polar surface area (TPSA) is 86.6 Å². The molecule has 3 aromatic rings. The summed E-state index contributed by atoms with van der Waals surface area (Å²) in [6.45, 7) is 2.04. The Hall–Kier alpha value is -3.42. The van der Waals surface area contributed by atoms with Crippen molar-refractivity contribution in [1.82, 2.24) is 9.97 Å². The van der Waals surface area contributed by atoms with E-state index in [0.717, 1.165) is 16.4 Å². The average molecular weight is 492 g/mol. The van der Waals surface area contributed by atoms with E-state index in [4.69, 9.17) is 9.90 Å². The first kappa shape index (κ1) is 24.2. The third kappa shape index (κ3) is 5.16. The fourth-order valence-electron chi connectivity index (χ4n) is 3.08. The molecule has 33 heavy (non-hydrogen) atoms. The van der Waals surface area contributed by atoms with E-state index in [2.05, 4.69) is 9.97 Å². The molecule has 0 aliphatic carbocycles. The second kappa shape index (κ2) is 8.84. The first-order valence-electron chi connectivity index (χ1n) is 9.05. The number of benzene rings is 1. The molecule has 1 saturated heterocycles. The number of thiazole rings is 1. The molecule has 1 fully saturated rings. The lowest BCUT2D eigenvalue weighted by Gasteiger charge is -2.21. The number of carboxylic acids is 1. The summed E-state index contributed by atoms with van der Waals surface area (Å²) in [6, 6.07) is 5.12. The van der Waals surface area contributed by atoms with Gasteiger partial charge in [-0.25, -0.2) is 14.6 Å². The average Bonchev–Trinajstić information content (AvgIpc) is 3.33. The molecule has 2 amide bonds. The minimum atomic E-state index is -5.08. The Balaban J connectivity index is 0.000000383. The molecule has 1 aromatic carbocycles. The fraction of sp³-hybridized carbons (Fsp3) is 0.263. The summed E-state index contributed by atoms with van der Waals surface area (Å²) in [6.07, 6.45) is -7.50. The number of urea groups is 1. The van der Waals surface area contributed by atoms with Gasteiger partial charge in [-0.2, -0.15) is 26.3 Å². The molecule has 0 bridgehead atoms. The first-order valence-corrected chi connectivity index (χ1v) is 9.93. The van der Waals surface area contributed by atoms with Crippen molar-refractivity contribution in [3.05, 3.63) is 47.2 Å². The number of carboxylic acid groups (broad SMARTS) is 1. The normalized spacial score (nSPS) is 14.5. The Bertz CT molecular complexity index is 1190. The highest BCUT2D eigenvalue weighted by atomic mass is 32.1. The molecule has 2 aromatic heterocycles. The van der Waals surface area contributed by atoms with E-state index in [0.29, 0.717) is 18.8 Å². The van der Waals surface area contributed by atoms with Gasteiger partial charge in [-0.1, -0.05) is 0 Å². The van der Waals surface area contributed by atoms with Crippen molar-refractivity contribution < 1.29 is 41.0 Å². The molecule has 0 radical (unpaired) electrons. The Kier molecular flexibility index (Phi) is 6.49. The van der Waals surface area contributed by atoms with Gasteiger partial charge < -0.3 is 5.11 Å². The van der Waals surface area contributed by atoms with Gasteiger partial charge in [0.1, 0.15) is 0 Å². The Labute approximate surface area is 185 Å². The highest BCUT2D eigenvalue weighted by Gasteiger charge is 2.38. The van der Waals surface area contributed by atoms with Gasteiger partial charge in [0.05, 0.1) is 33.2 Å². The lowest BCUT2D eigenvalue weighted by Crippen LogP contribution is -2.32. The number of aromatic nitrogens is 2. The number of carbonyl (C=O) groups is 2. The van der Waals surface area contributed by atoms with Gasteiger partial charge in [0.2, 0.25) is 0 Å². The van der Waals surface area contributed by atoms with E-state index in [9.17, 15) is 31.1 Å². The number of rotatable bonds is 2. The molecule has 1 N–H and O–H groups in total. The number of nitrogens with zero attached hydrogens (tertiary/aromatic N) is 4. The predicted molar refractivity (Wildman–Crippen MR) is 107 cm³/mol. The van der Waals surface area contributed by atoms with Crippen LogP contribution in [0.5, 0.6) is 0 Å². The van der Waals surface area contributed by atoms with Gasteiger partial charge in [0.15, 0.2) is 0 Å². The van der Waals surface area contributed by atoms with Crippen LogP contribution in [0.1, 0.15) is 11.1 Å². The van der Waals surface area contributed by atoms with Crippen molar-refractivity contribution in [2.45, 2.75) is 19.3 Å². The number of anilines is 2. The van der Waals surface area contributed by atoms with Gasteiger partial charge in [0.25, 0.3) is 0 Å². The zero-order valence-electron chi connectivity index (χ0n) is 16.6. The van der Waals surface area contributed by atoms with E-state index in [-0.39, 0.29) is 17.3 Å². The minimum absolute atomic E-state index is 0.000564. The second-order valence-corrected chi connectivity index (χ2v) is 7.61. The third-order valence-corrected chi connectivity index (χ3v) is 5.45. The molecule has 0 unspecified atom stereocenters. The lowest BCUT2D eigenvalue weighted by atomic mass is 10.1. The summed E-state index contributed by atoms with van der Waals surface area (Å²) in [5, 5.41) is 7.12. The monoisotopic (exact) mass is 492 g/mol. The maximum Gasteiger partial charge on any atom is 0.490 e. The molecular formula is C19H14F6N4O3S. The van der Waals surface area contributed by atoms with Crippen LogP contribution < -0.4 is 9.80 Å². The third-order valence-electron chi connectivity index (χ3n) is 4.66. The number of carbonyl (C=O) groups excluding carboxylic acids is 1. The molecule has 1 aliphatic rings. The van der Waals surface area contributed by atoms with Crippen molar-refractivity contribution in [2.24, 2.45) is 0 Å². The largest absolute Gasteiger partial charge is 0.490 e. The van der Waals surface area contributed by atoms with Crippen LogP contribution in [0.3, 0.4) is 0 Å². The number of hydrogen-bond acceptors (Lipinski definition) is 5. The van der Waals surface area contributed by atoms with Crippen LogP contribution in [-0.2, 0) is 11.0 Å². The minimum Gasteiger partial charge on any atom is -0.475 e. The summed E-state index contributed by atoms with van der Waals surface area (Å²) in [5.74, 6) is -2.76. The Morgan fingerprint density at radius 1 is 1.09 bits per heavy atom. The van der Waals surface area contributed by atoms with Gasteiger partial charge in [-0.05, 0) is 30.7 Å². The maximum atomic E-state index is 13.1. The number of amides is 2. The number of halogens is 6. The first-order chi connectivity index (χ1) is 15.3.